The number of aromatic nitrogens is 1. The first-order valence-corrected chi connectivity index (χ1v) is 6.76. The highest BCUT2D eigenvalue weighted by Gasteiger charge is 2.07. The van der Waals surface area contributed by atoms with Gasteiger partial charge in [0.05, 0.1) is 0 Å². The van der Waals surface area contributed by atoms with E-state index in [1.54, 1.807) is 18.2 Å². The number of phenols is 1. The third kappa shape index (κ3) is 2.35. The van der Waals surface area contributed by atoms with Crippen molar-refractivity contribution in [3.63, 3.8) is 0 Å². The number of fused-ring (bicyclic) bond motifs is 1. The molecule has 0 bridgehead atoms. The molecule has 1 N–H and O–H groups in total. The van der Waals surface area contributed by atoms with Gasteiger partial charge in [-0.05, 0) is 25.1 Å². The van der Waals surface area contributed by atoms with Crippen LogP contribution in [0.3, 0.4) is 0 Å². The number of phenolic OH excluding ortho intramolecular Hbond substituents is 1. The van der Waals surface area contributed by atoms with Crippen LogP contribution in [0, 0.1) is 0 Å². The molecule has 0 spiro atoms. The van der Waals surface area contributed by atoms with Gasteiger partial charge in [-0.15, -0.1) is 0 Å². The van der Waals surface area contributed by atoms with E-state index in [0.29, 0.717) is 12.4 Å². The lowest BCUT2D eigenvalue weighted by Crippen LogP contribution is -1.95. The van der Waals surface area contributed by atoms with Gasteiger partial charge in [0.15, 0.2) is 0 Å². The number of rotatable bonds is 4. The summed E-state index contributed by atoms with van der Waals surface area (Å²) < 4.78 is 7.98. The maximum atomic E-state index is 9.44. The van der Waals surface area contributed by atoms with Crippen LogP contribution in [0.15, 0.2) is 54.7 Å². The monoisotopic (exact) mass is 267 g/mol. The molecule has 0 atom stereocenters. The molecule has 20 heavy (non-hydrogen) atoms. The molecule has 0 aliphatic rings. The fourth-order valence-corrected chi connectivity index (χ4v) is 2.43. The Kier molecular flexibility index (Phi) is 3.33. The standard InChI is InChI=1S/C17H17NO2/c1-2-18-11-13(16-8-3-4-9-17(16)18)12-20-15-7-5-6-14(19)10-15/h3-11,19H,2,12H2,1H3. The first-order chi connectivity index (χ1) is 9.78. The lowest BCUT2D eigenvalue weighted by atomic mass is 10.2. The van der Waals surface area contributed by atoms with Crippen LogP contribution in [0.5, 0.6) is 11.5 Å². The normalized spacial score (nSPS) is 10.8. The lowest BCUT2D eigenvalue weighted by molar-refractivity contribution is 0.305. The van der Waals surface area contributed by atoms with Crippen LogP contribution >= 0.6 is 0 Å². The third-order valence-corrected chi connectivity index (χ3v) is 3.42. The molecule has 0 amide bonds. The molecule has 0 fully saturated rings. The van der Waals surface area contributed by atoms with E-state index in [1.807, 2.05) is 18.2 Å². The Labute approximate surface area is 118 Å². The second-order valence-corrected chi connectivity index (χ2v) is 4.74. The topological polar surface area (TPSA) is 34.4 Å². The van der Waals surface area contributed by atoms with Gasteiger partial charge in [-0.1, -0.05) is 24.3 Å². The van der Waals surface area contributed by atoms with Gasteiger partial charge in [0.1, 0.15) is 18.1 Å². The maximum Gasteiger partial charge on any atom is 0.123 e. The number of hydrogen-bond donors (Lipinski definition) is 1. The highest BCUT2D eigenvalue weighted by Crippen LogP contribution is 2.24. The molecular formula is C17H17NO2. The maximum absolute atomic E-state index is 9.44. The van der Waals surface area contributed by atoms with Gasteiger partial charge in [0.2, 0.25) is 0 Å². The molecule has 3 rings (SSSR count). The molecule has 0 aliphatic heterocycles. The van der Waals surface area contributed by atoms with Crippen molar-refractivity contribution in [1.29, 1.82) is 0 Å². The van der Waals surface area contributed by atoms with Crippen molar-refractivity contribution in [3.05, 3.63) is 60.3 Å². The Morgan fingerprint density at radius 1 is 1.10 bits per heavy atom. The summed E-state index contributed by atoms with van der Waals surface area (Å²) in [5.74, 6) is 0.900. The minimum absolute atomic E-state index is 0.221. The van der Waals surface area contributed by atoms with Gasteiger partial charge in [-0.25, -0.2) is 0 Å². The molecule has 3 aromatic rings. The number of para-hydroxylation sites is 1. The Hall–Kier alpha value is -2.42. The van der Waals surface area contributed by atoms with Crippen molar-refractivity contribution >= 4 is 10.9 Å². The van der Waals surface area contributed by atoms with Gasteiger partial charge in [-0.2, -0.15) is 0 Å². The lowest BCUT2D eigenvalue weighted by Gasteiger charge is -2.05. The SMILES string of the molecule is CCn1cc(COc2cccc(O)c2)c2ccccc21. The highest BCUT2D eigenvalue weighted by molar-refractivity contribution is 5.83. The molecule has 3 heteroatoms. The summed E-state index contributed by atoms with van der Waals surface area (Å²) in [5.41, 5.74) is 2.38. The van der Waals surface area contributed by atoms with Crippen LogP contribution < -0.4 is 4.74 Å². The Balaban J connectivity index is 1.88. The summed E-state index contributed by atoms with van der Waals surface area (Å²) in [7, 11) is 0. The van der Waals surface area contributed by atoms with E-state index in [0.717, 1.165) is 12.1 Å². The predicted molar refractivity (Wildman–Crippen MR) is 80.1 cm³/mol. The number of ether oxygens (including phenoxy) is 1. The fraction of sp³-hybridized carbons (Fsp3) is 0.176. The van der Waals surface area contributed by atoms with E-state index in [1.165, 1.54) is 10.9 Å². The van der Waals surface area contributed by atoms with Crippen LogP contribution in [-0.2, 0) is 13.2 Å². The zero-order valence-electron chi connectivity index (χ0n) is 11.4. The first-order valence-electron chi connectivity index (χ1n) is 6.76. The average Bonchev–Trinajstić information content (AvgIpc) is 2.83. The summed E-state index contributed by atoms with van der Waals surface area (Å²) >= 11 is 0. The van der Waals surface area contributed by atoms with Gasteiger partial charge < -0.3 is 14.4 Å². The number of aryl methyl sites for hydroxylation is 1. The summed E-state index contributed by atoms with van der Waals surface area (Å²) in [4.78, 5) is 0. The zero-order valence-corrected chi connectivity index (χ0v) is 11.4. The third-order valence-electron chi connectivity index (χ3n) is 3.42. The first kappa shape index (κ1) is 12.6. The van der Waals surface area contributed by atoms with Crippen molar-refractivity contribution in [2.75, 3.05) is 0 Å². The summed E-state index contributed by atoms with van der Waals surface area (Å²) in [6.07, 6.45) is 2.13. The predicted octanol–water partition coefficient (Wildman–Crippen LogP) is 3.95. The summed E-state index contributed by atoms with van der Waals surface area (Å²) in [6.45, 7) is 3.57. The summed E-state index contributed by atoms with van der Waals surface area (Å²) in [6, 6.07) is 15.2. The summed E-state index contributed by atoms with van der Waals surface area (Å²) in [5, 5.41) is 10.7. The molecule has 0 saturated heterocycles. The number of hydrogen-bond acceptors (Lipinski definition) is 2. The molecule has 1 aromatic heterocycles. The number of nitrogens with zero attached hydrogens (tertiary/aromatic N) is 1. The van der Waals surface area contributed by atoms with Crippen LogP contribution in [0.2, 0.25) is 0 Å². The van der Waals surface area contributed by atoms with Crippen LogP contribution in [0.25, 0.3) is 10.9 Å². The Morgan fingerprint density at radius 2 is 1.95 bits per heavy atom. The van der Waals surface area contributed by atoms with Gasteiger partial charge in [0, 0.05) is 35.3 Å². The quantitative estimate of drug-likeness (QED) is 0.776. The van der Waals surface area contributed by atoms with Crippen molar-refractivity contribution in [2.24, 2.45) is 0 Å². The zero-order chi connectivity index (χ0) is 13.9. The van der Waals surface area contributed by atoms with Crippen LogP contribution in [0.1, 0.15) is 12.5 Å². The van der Waals surface area contributed by atoms with E-state index < -0.39 is 0 Å². The molecule has 102 valence electrons. The van der Waals surface area contributed by atoms with E-state index >= 15 is 0 Å². The van der Waals surface area contributed by atoms with Crippen molar-refractivity contribution in [2.45, 2.75) is 20.1 Å². The van der Waals surface area contributed by atoms with E-state index in [9.17, 15) is 5.11 Å². The smallest absolute Gasteiger partial charge is 0.123 e. The van der Waals surface area contributed by atoms with Crippen LogP contribution in [-0.4, -0.2) is 9.67 Å². The second kappa shape index (κ2) is 5.29. The molecule has 0 unspecified atom stereocenters. The van der Waals surface area contributed by atoms with Gasteiger partial charge in [0.25, 0.3) is 0 Å². The molecule has 1 heterocycles. The molecule has 0 aliphatic carbocycles. The number of aromatic hydroxyl groups is 1. The van der Waals surface area contributed by atoms with Crippen molar-refractivity contribution in [1.82, 2.24) is 4.57 Å². The largest absolute Gasteiger partial charge is 0.508 e. The molecule has 3 nitrogen and oxygen atoms in total. The minimum Gasteiger partial charge on any atom is -0.508 e. The van der Waals surface area contributed by atoms with E-state index in [4.69, 9.17) is 4.74 Å². The van der Waals surface area contributed by atoms with Crippen LogP contribution in [0.4, 0.5) is 0 Å². The minimum atomic E-state index is 0.221. The molecule has 0 saturated carbocycles. The molecular weight excluding hydrogens is 250 g/mol. The average molecular weight is 267 g/mol. The molecule has 0 radical (unpaired) electrons. The Bertz CT molecular complexity index is 731. The highest BCUT2D eigenvalue weighted by atomic mass is 16.5. The van der Waals surface area contributed by atoms with Crippen molar-refractivity contribution < 1.29 is 9.84 Å². The number of benzene rings is 2. The van der Waals surface area contributed by atoms with Gasteiger partial charge >= 0.3 is 0 Å². The Morgan fingerprint density at radius 3 is 2.75 bits per heavy atom. The second-order valence-electron chi connectivity index (χ2n) is 4.74. The molecule has 2 aromatic carbocycles. The van der Waals surface area contributed by atoms with E-state index in [-0.39, 0.29) is 5.75 Å². The fourth-order valence-electron chi connectivity index (χ4n) is 2.43. The van der Waals surface area contributed by atoms with Crippen molar-refractivity contribution in [3.8, 4) is 11.5 Å². The van der Waals surface area contributed by atoms with Gasteiger partial charge in [-0.3, -0.25) is 0 Å². The van der Waals surface area contributed by atoms with E-state index in [2.05, 4.69) is 29.8 Å².